The maximum atomic E-state index is 14.0. The van der Waals surface area contributed by atoms with Crippen molar-refractivity contribution in [2.75, 3.05) is 30.8 Å². The molecular weight excluding hydrogens is 349 g/mol. The van der Waals surface area contributed by atoms with Crippen LogP contribution >= 0.6 is 0 Å². The summed E-state index contributed by atoms with van der Waals surface area (Å²) in [5, 5.41) is 5.12. The van der Waals surface area contributed by atoms with Gasteiger partial charge in [-0.1, -0.05) is 18.2 Å². The Labute approximate surface area is 156 Å². The van der Waals surface area contributed by atoms with E-state index in [2.05, 4.69) is 10.6 Å². The van der Waals surface area contributed by atoms with Gasteiger partial charge in [-0.3, -0.25) is 4.79 Å². The van der Waals surface area contributed by atoms with Crippen LogP contribution in [0.3, 0.4) is 0 Å². The maximum Gasteiger partial charge on any atom is 0.322 e. The van der Waals surface area contributed by atoms with E-state index in [1.54, 1.807) is 12.0 Å². The smallest absolute Gasteiger partial charge is 0.322 e. The normalized spacial score (nSPS) is 13.1. The Morgan fingerprint density at radius 3 is 2.70 bits per heavy atom. The molecular formula is C20H20FN3O3. The minimum atomic E-state index is -0.572. The molecule has 0 aromatic heterocycles. The van der Waals surface area contributed by atoms with Crippen molar-refractivity contribution in [2.45, 2.75) is 6.92 Å². The van der Waals surface area contributed by atoms with E-state index in [1.165, 1.54) is 25.1 Å². The lowest BCUT2D eigenvalue weighted by molar-refractivity contribution is -0.114. The summed E-state index contributed by atoms with van der Waals surface area (Å²) in [5.74, 6) is -0.101. The molecule has 0 bridgehead atoms. The minimum absolute atomic E-state index is 0.0149. The third kappa shape index (κ3) is 4.44. The highest BCUT2D eigenvalue weighted by molar-refractivity contribution is 5.94. The summed E-state index contributed by atoms with van der Waals surface area (Å²) in [5.41, 5.74) is 2.40. The van der Waals surface area contributed by atoms with Crippen LogP contribution in [-0.4, -0.2) is 37.0 Å². The summed E-state index contributed by atoms with van der Waals surface area (Å²) in [7, 11) is 1.60. The third-order valence-electron chi connectivity index (χ3n) is 4.18. The molecule has 2 aromatic rings. The van der Waals surface area contributed by atoms with Crippen LogP contribution in [0.4, 0.5) is 20.6 Å². The number of halogens is 1. The zero-order chi connectivity index (χ0) is 19.4. The Morgan fingerprint density at radius 1 is 1.15 bits per heavy atom. The van der Waals surface area contributed by atoms with Crippen molar-refractivity contribution in [3.05, 3.63) is 59.9 Å². The molecule has 0 saturated carbocycles. The molecule has 1 heterocycles. The number of carbonyl (C=O) groups is 2. The Balaban J connectivity index is 1.67. The van der Waals surface area contributed by atoms with E-state index in [0.717, 1.165) is 16.9 Å². The van der Waals surface area contributed by atoms with E-state index >= 15 is 0 Å². The SMILES string of the molecule is COc1cccc(C2=CCN(C(=O)Nc3cc(NC(C)=O)ccc3F)C2)c1. The van der Waals surface area contributed by atoms with Crippen molar-refractivity contribution in [3.63, 3.8) is 0 Å². The van der Waals surface area contributed by atoms with Crippen molar-refractivity contribution in [2.24, 2.45) is 0 Å². The summed E-state index contributed by atoms with van der Waals surface area (Å²) in [6.45, 7) is 2.19. The number of methoxy groups -OCH3 is 1. The molecule has 0 radical (unpaired) electrons. The number of amides is 3. The molecule has 7 heteroatoms. The molecule has 2 N–H and O–H groups in total. The maximum absolute atomic E-state index is 14.0. The van der Waals surface area contributed by atoms with E-state index in [4.69, 9.17) is 4.74 Å². The summed E-state index contributed by atoms with van der Waals surface area (Å²) >= 11 is 0. The number of carbonyl (C=O) groups excluding carboxylic acids is 2. The van der Waals surface area contributed by atoms with Crippen LogP contribution in [0.2, 0.25) is 0 Å². The number of hydrogen-bond donors (Lipinski definition) is 2. The fourth-order valence-corrected chi connectivity index (χ4v) is 2.84. The van der Waals surface area contributed by atoms with Crippen molar-refractivity contribution in [3.8, 4) is 5.75 Å². The predicted octanol–water partition coefficient (Wildman–Crippen LogP) is 3.72. The van der Waals surface area contributed by atoms with Crippen LogP contribution in [0.5, 0.6) is 5.75 Å². The van der Waals surface area contributed by atoms with Crippen molar-refractivity contribution < 1.29 is 18.7 Å². The van der Waals surface area contributed by atoms with Crippen molar-refractivity contribution in [1.29, 1.82) is 0 Å². The molecule has 1 aliphatic heterocycles. The highest BCUT2D eigenvalue weighted by atomic mass is 19.1. The third-order valence-corrected chi connectivity index (χ3v) is 4.18. The molecule has 0 saturated heterocycles. The zero-order valence-corrected chi connectivity index (χ0v) is 15.1. The first-order valence-corrected chi connectivity index (χ1v) is 8.43. The number of rotatable bonds is 4. The van der Waals surface area contributed by atoms with Gasteiger partial charge in [-0.25, -0.2) is 9.18 Å². The molecule has 140 valence electrons. The zero-order valence-electron chi connectivity index (χ0n) is 15.1. The standard InChI is InChI=1S/C20H20FN3O3/c1-13(25)22-16-6-7-18(21)19(11-16)23-20(26)24-9-8-15(12-24)14-4-3-5-17(10-14)27-2/h3-8,10-11H,9,12H2,1-2H3,(H,22,25)(H,23,26). The van der Waals surface area contributed by atoms with Crippen LogP contribution in [-0.2, 0) is 4.79 Å². The molecule has 0 aliphatic carbocycles. The number of ether oxygens (including phenoxy) is 1. The predicted molar refractivity (Wildman–Crippen MR) is 102 cm³/mol. The Bertz CT molecular complexity index is 911. The number of benzene rings is 2. The lowest BCUT2D eigenvalue weighted by atomic mass is 10.1. The summed E-state index contributed by atoms with van der Waals surface area (Å²) < 4.78 is 19.2. The van der Waals surface area contributed by atoms with Gasteiger partial charge in [0, 0.05) is 25.7 Å². The monoisotopic (exact) mass is 369 g/mol. The van der Waals surface area contributed by atoms with Crippen molar-refractivity contribution in [1.82, 2.24) is 4.90 Å². The molecule has 27 heavy (non-hydrogen) atoms. The number of urea groups is 1. The molecule has 6 nitrogen and oxygen atoms in total. The van der Waals surface area contributed by atoms with Gasteiger partial charge in [0.1, 0.15) is 11.6 Å². The van der Waals surface area contributed by atoms with Crippen molar-refractivity contribution >= 4 is 28.9 Å². The first-order valence-electron chi connectivity index (χ1n) is 8.43. The fourth-order valence-electron chi connectivity index (χ4n) is 2.84. The molecule has 0 spiro atoms. The molecule has 0 fully saturated rings. The van der Waals surface area contributed by atoms with Gasteiger partial charge >= 0.3 is 6.03 Å². The molecule has 3 rings (SSSR count). The van der Waals surface area contributed by atoms with Crippen LogP contribution in [0.15, 0.2) is 48.5 Å². The van der Waals surface area contributed by atoms with Crippen LogP contribution in [0, 0.1) is 5.82 Å². The quantitative estimate of drug-likeness (QED) is 0.863. The highest BCUT2D eigenvalue weighted by Crippen LogP contribution is 2.26. The average Bonchev–Trinajstić information content (AvgIpc) is 3.14. The summed E-state index contributed by atoms with van der Waals surface area (Å²) in [6.07, 6.45) is 1.96. The number of nitrogens with zero attached hydrogens (tertiary/aromatic N) is 1. The van der Waals surface area contributed by atoms with E-state index in [0.29, 0.717) is 18.8 Å². The molecule has 0 atom stereocenters. The second-order valence-corrected chi connectivity index (χ2v) is 6.15. The second-order valence-electron chi connectivity index (χ2n) is 6.15. The first-order chi connectivity index (χ1) is 13.0. The van der Waals surface area contributed by atoms with Gasteiger partial charge in [0.25, 0.3) is 0 Å². The van der Waals surface area contributed by atoms with Gasteiger partial charge in [0.05, 0.1) is 12.8 Å². The molecule has 3 amide bonds. The number of hydrogen-bond acceptors (Lipinski definition) is 3. The summed E-state index contributed by atoms with van der Waals surface area (Å²) in [4.78, 5) is 25.2. The van der Waals surface area contributed by atoms with E-state index in [1.807, 2.05) is 30.3 Å². The van der Waals surface area contributed by atoms with Gasteiger partial charge in [-0.05, 0) is 41.5 Å². The Hall–Kier alpha value is -3.35. The first kappa shape index (κ1) is 18.4. The Morgan fingerprint density at radius 2 is 1.96 bits per heavy atom. The average molecular weight is 369 g/mol. The number of nitrogens with one attached hydrogen (secondary N) is 2. The van der Waals surface area contributed by atoms with Gasteiger partial charge in [-0.2, -0.15) is 0 Å². The highest BCUT2D eigenvalue weighted by Gasteiger charge is 2.21. The van der Waals surface area contributed by atoms with Gasteiger partial charge in [-0.15, -0.1) is 0 Å². The Kier molecular flexibility index (Phi) is 5.40. The van der Waals surface area contributed by atoms with E-state index in [-0.39, 0.29) is 11.6 Å². The van der Waals surface area contributed by atoms with Crippen LogP contribution in [0.1, 0.15) is 12.5 Å². The van der Waals surface area contributed by atoms with Gasteiger partial charge in [0.15, 0.2) is 0 Å². The fraction of sp³-hybridized carbons (Fsp3) is 0.200. The second kappa shape index (κ2) is 7.90. The lowest BCUT2D eigenvalue weighted by Gasteiger charge is -2.18. The molecule has 1 aliphatic rings. The molecule has 0 unspecified atom stereocenters. The van der Waals surface area contributed by atoms with E-state index in [9.17, 15) is 14.0 Å². The van der Waals surface area contributed by atoms with E-state index < -0.39 is 11.8 Å². The molecule has 2 aromatic carbocycles. The minimum Gasteiger partial charge on any atom is -0.497 e. The lowest BCUT2D eigenvalue weighted by Crippen LogP contribution is -2.33. The largest absolute Gasteiger partial charge is 0.497 e. The van der Waals surface area contributed by atoms with Crippen LogP contribution in [0.25, 0.3) is 5.57 Å². The number of anilines is 2. The van der Waals surface area contributed by atoms with Crippen LogP contribution < -0.4 is 15.4 Å². The van der Waals surface area contributed by atoms with Gasteiger partial charge < -0.3 is 20.3 Å². The topological polar surface area (TPSA) is 70.7 Å². The van der Waals surface area contributed by atoms with Gasteiger partial charge in [0.2, 0.25) is 5.91 Å². The summed E-state index contributed by atoms with van der Waals surface area (Å²) in [6, 6.07) is 11.2.